The number of para-hydroxylation sites is 1. The summed E-state index contributed by atoms with van der Waals surface area (Å²) in [5, 5.41) is 14.7. The van der Waals surface area contributed by atoms with Crippen LogP contribution in [0.5, 0.6) is 0 Å². The van der Waals surface area contributed by atoms with Gasteiger partial charge in [-0.1, -0.05) is 24.3 Å². The Bertz CT molecular complexity index is 1090. The number of amides is 1. The molecule has 3 aromatic rings. The number of halogens is 1. The molecule has 0 fully saturated rings. The number of carbonyl (C=O) groups excluding carboxylic acids is 1. The first kappa shape index (κ1) is 20.5. The first-order valence-electron chi connectivity index (χ1n) is 8.86. The normalized spacial score (nSPS) is 11.0. The number of nitrogens with zero attached hydrogens (tertiary/aromatic N) is 3. The van der Waals surface area contributed by atoms with Crippen molar-refractivity contribution in [2.45, 2.75) is 20.3 Å². The van der Waals surface area contributed by atoms with Crippen LogP contribution in [0.2, 0.25) is 0 Å². The van der Waals surface area contributed by atoms with Crippen LogP contribution in [0.1, 0.15) is 22.5 Å². The van der Waals surface area contributed by atoms with Gasteiger partial charge in [0.05, 0.1) is 23.2 Å². The van der Waals surface area contributed by atoms with Crippen molar-refractivity contribution >= 4 is 33.7 Å². The first-order valence-corrected chi connectivity index (χ1v) is 9.65. The van der Waals surface area contributed by atoms with Crippen molar-refractivity contribution in [1.29, 1.82) is 0 Å². The van der Waals surface area contributed by atoms with E-state index in [0.29, 0.717) is 5.56 Å². The molecule has 8 heteroatoms. The van der Waals surface area contributed by atoms with Crippen LogP contribution in [0.15, 0.2) is 64.2 Å². The molecule has 0 unspecified atom stereocenters. The molecule has 3 rings (SSSR count). The predicted molar refractivity (Wildman–Crippen MR) is 115 cm³/mol. The second-order valence-electron chi connectivity index (χ2n) is 6.51. The van der Waals surface area contributed by atoms with E-state index in [9.17, 15) is 14.9 Å². The van der Waals surface area contributed by atoms with Crippen LogP contribution in [0.3, 0.4) is 0 Å². The summed E-state index contributed by atoms with van der Waals surface area (Å²) in [7, 11) is 0. The fourth-order valence-corrected chi connectivity index (χ4v) is 3.52. The SMILES string of the molecule is Cc1cc(/C=N\NC(=O)Cc2ccc([N+](=O)[O-])cc2)c(C)n1-c1ccccc1Br. The average Bonchev–Trinajstić information content (AvgIpc) is 2.96. The molecule has 0 saturated carbocycles. The number of aromatic nitrogens is 1. The number of hydrazone groups is 1. The van der Waals surface area contributed by atoms with Gasteiger partial charge in [-0.2, -0.15) is 5.10 Å². The van der Waals surface area contributed by atoms with Crippen molar-refractivity contribution in [3.05, 3.63) is 91.7 Å². The third kappa shape index (κ3) is 4.78. The highest BCUT2D eigenvalue weighted by molar-refractivity contribution is 9.10. The Morgan fingerprint density at radius 3 is 2.55 bits per heavy atom. The highest BCUT2D eigenvalue weighted by Crippen LogP contribution is 2.26. The summed E-state index contributed by atoms with van der Waals surface area (Å²) < 4.78 is 3.10. The monoisotopic (exact) mass is 454 g/mol. The van der Waals surface area contributed by atoms with E-state index in [1.165, 1.54) is 12.1 Å². The number of aryl methyl sites for hydroxylation is 1. The number of nitro benzene ring substituents is 1. The van der Waals surface area contributed by atoms with Gasteiger partial charge in [-0.3, -0.25) is 14.9 Å². The Morgan fingerprint density at radius 1 is 1.21 bits per heavy atom. The molecule has 0 aliphatic carbocycles. The number of benzene rings is 2. The number of non-ortho nitro benzene ring substituents is 1. The van der Waals surface area contributed by atoms with E-state index in [4.69, 9.17) is 0 Å². The lowest BCUT2D eigenvalue weighted by Gasteiger charge is -2.11. The number of nitro groups is 1. The van der Waals surface area contributed by atoms with E-state index in [0.717, 1.165) is 27.1 Å². The van der Waals surface area contributed by atoms with Gasteiger partial charge < -0.3 is 4.57 Å². The van der Waals surface area contributed by atoms with Crippen molar-refractivity contribution in [3.63, 3.8) is 0 Å². The Labute approximate surface area is 176 Å². The summed E-state index contributed by atoms with van der Waals surface area (Å²) in [6.07, 6.45) is 1.70. The van der Waals surface area contributed by atoms with Gasteiger partial charge in [0.1, 0.15) is 0 Å². The molecular weight excluding hydrogens is 436 g/mol. The topological polar surface area (TPSA) is 89.5 Å². The van der Waals surface area contributed by atoms with Crippen LogP contribution >= 0.6 is 15.9 Å². The second-order valence-corrected chi connectivity index (χ2v) is 7.36. The van der Waals surface area contributed by atoms with Crippen LogP contribution in [0.25, 0.3) is 5.69 Å². The molecule has 148 valence electrons. The summed E-state index contributed by atoms with van der Waals surface area (Å²) in [5.74, 6) is -0.297. The molecule has 0 aliphatic heterocycles. The maximum atomic E-state index is 12.1. The zero-order valence-electron chi connectivity index (χ0n) is 15.9. The zero-order chi connectivity index (χ0) is 21.0. The summed E-state index contributed by atoms with van der Waals surface area (Å²) in [5.41, 5.74) is 7.15. The average molecular weight is 455 g/mol. The lowest BCUT2D eigenvalue weighted by atomic mass is 10.1. The lowest BCUT2D eigenvalue weighted by molar-refractivity contribution is -0.384. The minimum absolute atomic E-state index is 0.00686. The van der Waals surface area contributed by atoms with E-state index in [1.807, 2.05) is 44.2 Å². The van der Waals surface area contributed by atoms with Gasteiger partial charge in [0.25, 0.3) is 5.69 Å². The van der Waals surface area contributed by atoms with Crippen LogP contribution in [0.4, 0.5) is 5.69 Å². The van der Waals surface area contributed by atoms with Crippen molar-refractivity contribution in [2.24, 2.45) is 5.10 Å². The van der Waals surface area contributed by atoms with Gasteiger partial charge in [-0.05, 0) is 53.5 Å². The molecular formula is C21H19BrN4O3. The second kappa shape index (κ2) is 8.83. The van der Waals surface area contributed by atoms with Crippen molar-refractivity contribution in [3.8, 4) is 5.69 Å². The van der Waals surface area contributed by atoms with Gasteiger partial charge in [-0.15, -0.1) is 0 Å². The molecule has 0 radical (unpaired) electrons. The van der Waals surface area contributed by atoms with E-state index in [-0.39, 0.29) is 18.0 Å². The minimum atomic E-state index is -0.474. The van der Waals surface area contributed by atoms with E-state index in [1.54, 1.807) is 18.3 Å². The molecule has 0 spiro atoms. The molecule has 0 atom stereocenters. The summed E-state index contributed by atoms with van der Waals surface area (Å²) in [6.45, 7) is 4.00. The Balaban J connectivity index is 1.67. The van der Waals surface area contributed by atoms with Crippen LogP contribution < -0.4 is 5.43 Å². The Kier molecular flexibility index (Phi) is 6.23. The van der Waals surface area contributed by atoms with Gasteiger partial charge in [0.15, 0.2) is 0 Å². The van der Waals surface area contributed by atoms with Crippen LogP contribution in [-0.2, 0) is 11.2 Å². The quantitative estimate of drug-likeness (QED) is 0.338. The zero-order valence-corrected chi connectivity index (χ0v) is 17.5. The minimum Gasteiger partial charge on any atom is -0.317 e. The maximum absolute atomic E-state index is 12.1. The maximum Gasteiger partial charge on any atom is 0.269 e. The molecule has 0 saturated heterocycles. The molecule has 1 heterocycles. The van der Waals surface area contributed by atoms with Crippen molar-refractivity contribution < 1.29 is 9.72 Å². The fraction of sp³-hybridized carbons (Fsp3) is 0.143. The van der Waals surface area contributed by atoms with Crippen LogP contribution in [0, 0.1) is 24.0 Å². The number of carbonyl (C=O) groups is 1. The van der Waals surface area contributed by atoms with Crippen molar-refractivity contribution in [1.82, 2.24) is 9.99 Å². The Hall–Kier alpha value is -3.26. The smallest absolute Gasteiger partial charge is 0.269 e. The van der Waals surface area contributed by atoms with Gasteiger partial charge in [-0.25, -0.2) is 5.43 Å². The predicted octanol–water partition coefficient (Wildman–Crippen LogP) is 4.46. The van der Waals surface area contributed by atoms with E-state index >= 15 is 0 Å². The summed E-state index contributed by atoms with van der Waals surface area (Å²) >= 11 is 3.58. The van der Waals surface area contributed by atoms with Crippen molar-refractivity contribution in [2.75, 3.05) is 0 Å². The number of rotatable bonds is 6. The molecule has 29 heavy (non-hydrogen) atoms. The number of hydrogen-bond donors (Lipinski definition) is 1. The standard InChI is InChI=1S/C21H19BrN4O3/c1-14-11-17(15(2)25(14)20-6-4-3-5-19(20)22)13-23-24-21(27)12-16-7-9-18(10-8-16)26(28)29/h3-11,13H,12H2,1-2H3,(H,24,27)/b23-13-. The summed E-state index contributed by atoms with van der Waals surface area (Å²) in [6, 6.07) is 15.8. The third-order valence-electron chi connectivity index (χ3n) is 4.47. The molecule has 1 amide bonds. The molecule has 0 bridgehead atoms. The number of hydrogen-bond acceptors (Lipinski definition) is 4. The van der Waals surface area contributed by atoms with E-state index in [2.05, 4.69) is 31.0 Å². The highest BCUT2D eigenvalue weighted by Gasteiger charge is 2.12. The lowest BCUT2D eigenvalue weighted by Crippen LogP contribution is -2.19. The highest BCUT2D eigenvalue weighted by atomic mass is 79.9. The molecule has 1 aromatic heterocycles. The molecule has 7 nitrogen and oxygen atoms in total. The molecule has 0 aliphatic rings. The largest absolute Gasteiger partial charge is 0.317 e. The Morgan fingerprint density at radius 2 is 1.90 bits per heavy atom. The van der Waals surface area contributed by atoms with Gasteiger partial charge in [0, 0.05) is 33.6 Å². The molecule has 2 aromatic carbocycles. The first-order chi connectivity index (χ1) is 13.9. The fourth-order valence-electron chi connectivity index (χ4n) is 3.06. The van der Waals surface area contributed by atoms with Crippen LogP contribution in [-0.4, -0.2) is 21.6 Å². The van der Waals surface area contributed by atoms with Gasteiger partial charge in [0.2, 0.25) is 5.91 Å². The third-order valence-corrected chi connectivity index (χ3v) is 5.14. The van der Waals surface area contributed by atoms with Gasteiger partial charge >= 0.3 is 0 Å². The summed E-state index contributed by atoms with van der Waals surface area (Å²) in [4.78, 5) is 22.3. The number of nitrogens with one attached hydrogen (secondary N) is 1. The molecule has 1 N–H and O–H groups in total. The van der Waals surface area contributed by atoms with E-state index < -0.39 is 4.92 Å².